The van der Waals surface area contributed by atoms with Crippen molar-refractivity contribution in [2.75, 3.05) is 0 Å². The lowest BCUT2D eigenvalue weighted by Gasteiger charge is -2.14. The fourth-order valence-electron chi connectivity index (χ4n) is 2.20. The molecule has 1 nitrogen and oxygen atoms in total. The van der Waals surface area contributed by atoms with E-state index < -0.39 is 0 Å². The van der Waals surface area contributed by atoms with E-state index in [2.05, 4.69) is 50.1 Å². The summed E-state index contributed by atoms with van der Waals surface area (Å²) in [4.78, 5) is 1.27. The molecule has 1 aliphatic rings. The SMILES string of the molecule is C=C1/C=C\C=C/Sc2cc(C)c(C/C=C(C)\C=C/N)cc21. The molecule has 1 aromatic rings. The van der Waals surface area contributed by atoms with E-state index in [-0.39, 0.29) is 0 Å². The van der Waals surface area contributed by atoms with Crippen molar-refractivity contribution >= 4 is 17.3 Å². The van der Waals surface area contributed by atoms with Crippen LogP contribution in [0.15, 0.2) is 71.2 Å². The normalized spacial score (nSPS) is 18.2. The van der Waals surface area contributed by atoms with Crippen molar-refractivity contribution < 1.29 is 0 Å². The van der Waals surface area contributed by atoms with Gasteiger partial charge in [-0.2, -0.15) is 0 Å². The first-order chi connectivity index (χ1) is 10.1. The number of fused-ring (bicyclic) bond motifs is 1. The number of thioether (sulfide) groups is 1. The maximum absolute atomic E-state index is 5.42. The van der Waals surface area contributed by atoms with Crippen LogP contribution in [0.25, 0.3) is 5.57 Å². The van der Waals surface area contributed by atoms with Crippen molar-refractivity contribution in [2.45, 2.75) is 25.2 Å². The van der Waals surface area contributed by atoms with Crippen LogP contribution < -0.4 is 5.73 Å². The van der Waals surface area contributed by atoms with Crippen LogP contribution in [-0.4, -0.2) is 0 Å². The molecule has 21 heavy (non-hydrogen) atoms. The second kappa shape index (κ2) is 7.19. The molecule has 0 bridgehead atoms. The Bertz CT molecular complexity index is 660. The first kappa shape index (κ1) is 15.5. The fraction of sp³-hybridized carbons (Fsp3) is 0.158. The Morgan fingerprint density at radius 2 is 2.14 bits per heavy atom. The summed E-state index contributed by atoms with van der Waals surface area (Å²) >= 11 is 1.75. The van der Waals surface area contributed by atoms with Gasteiger partial charge in [-0.15, -0.1) is 0 Å². The van der Waals surface area contributed by atoms with Crippen molar-refractivity contribution in [3.05, 3.63) is 83.0 Å². The summed E-state index contributed by atoms with van der Waals surface area (Å²) in [5.41, 5.74) is 11.5. The number of aryl methyl sites for hydroxylation is 1. The third-order valence-electron chi connectivity index (χ3n) is 3.47. The molecule has 0 aliphatic carbocycles. The topological polar surface area (TPSA) is 26.0 Å². The maximum atomic E-state index is 5.42. The molecule has 0 radical (unpaired) electrons. The van der Waals surface area contributed by atoms with Crippen LogP contribution >= 0.6 is 11.8 Å². The molecule has 2 N–H and O–H groups in total. The molecule has 0 fully saturated rings. The van der Waals surface area contributed by atoms with Gasteiger partial charge in [0.1, 0.15) is 0 Å². The smallest absolute Gasteiger partial charge is 0.0197 e. The summed E-state index contributed by atoms with van der Waals surface area (Å²) in [5, 5.41) is 2.11. The number of hydrogen-bond donors (Lipinski definition) is 1. The highest BCUT2D eigenvalue weighted by Gasteiger charge is 2.09. The predicted octanol–water partition coefficient (Wildman–Crippen LogP) is 5.15. The third kappa shape index (κ3) is 4.02. The van der Waals surface area contributed by atoms with Gasteiger partial charge in [0.25, 0.3) is 0 Å². The first-order valence-electron chi connectivity index (χ1n) is 6.99. The van der Waals surface area contributed by atoms with Crippen LogP contribution in [0.2, 0.25) is 0 Å². The van der Waals surface area contributed by atoms with Crippen LogP contribution in [0.4, 0.5) is 0 Å². The number of nitrogens with two attached hydrogens (primary N) is 1. The molecule has 1 heterocycles. The summed E-state index contributed by atoms with van der Waals surface area (Å²) < 4.78 is 0. The van der Waals surface area contributed by atoms with Crippen LogP contribution in [0, 0.1) is 6.92 Å². The van der Waals surface area contributed by atoms with Crippen LogP contribution in [0.1, 0.15) is 23.6 Å². The Hall–Kier alpha value is -1.93. The van der Waals surface area contributed by atoms with Crippen molar-refractivity contribution in [1.29, 1.82) is 0 Å². The van der Waals surface area contributed by atoms with Crippen LogP contribution in [0.5, 0.6) is 0 Å². The van der Waals surface area contributed by atoms with Gasteiger partial charge in [-0.05, 0) is 72.3 Å². The van der Waals surface area contributed by atoms with E-state index in [0.717, 1.165) is 12.0 Å². The molecule has 0 unspecified atom stereocenters. The average Bonchev–Trinajstić information content (AvgIpc) is 2.44. The highest BCUT2D eigenvalue weighted by Crippen LogP contribution is 2.33. The standard InChI is InChI=1S/C19H21NS/c1-14(9-10-20)7-8-17-13-18-15(2)6-4-5-11-21-19(18)12-16(17)3/h4-7,9-13H,2,8,20H2,1,3H3/b6-4-,10-9-,11-5-,14-7-. The average molecular weight is 295 g/mol. The van der Waals surface area contributed by atoms with E-state index in [9.17, 15) is 0 Å². The van der Waals surface area contributed by atoms with Gasteiger partial charge in [-0.25, -0.2) is 0 Å². The highest BCUT2D eigenvalue weighted by atomic mass is 32.2. The third-order valence-corrected chi connectivity index (χ3v) is 4.35. The van der Waals surface area contributed by atoms with Gasteiger partial charge in [-0.1, -0.05) is 48.2 Å². The summed E-state index contributed by atoms with van der Waals surface area (Å²) in [6, 6.07) is 4.52. The van der Waals surface area contributed by atoms with Crippen LogP contribution in [-0.2, 0) is 6.42 Å². The van der Waals surface area contributed by atoms with E-state index in [1.165, 1.54) is 27.2 Å². The molecule has 0 atom stereocenters. The van der Waals surface area contributed by atoms with E-state index in [0.29, 0.717) is 0 Å². The minimum absolute atomic E-state index is 0.910. The zero-order valence-corrected chi connectivity index (χ0v) is 13.4. The van der Waals surface area contributed by atoms with Gasteiger partial charge in [0.2, 0.25) is 0 Å². The lowest BCUT2D eigenvalue weighted by Crippen LogP contribution is -1.94. The molecule has 1 aliphatic heterocycles. The van der Waals surface area contributed by atoms with E-state index in [4.69, 9.17) is 5.73 Å². The minimum Gasteiger partial charge on any atom is -0.405 e. The predicted molar refractivity (Wildman–Crippen MR) is 95.1 cm³/mol. The van der Waals surface area contributed by atoms with Crippen molar-refractivity contribution in [1.82, 2.24) is 0 Å². The molecule has 0 saturated heterocycles. The number of benzene rings is 1. The molecule has 0 saturated carbocycles. The van der Waals surface area contributed by atoms with Crippen LogP contribution in [0.3, 0.4) is 0 Å². The second-order valence-electron chi connectivity index (χ2n) is 5.12. The Labute approximate surface area is 131 Å². The quantitative estimate of drug-likeness (QED) is 0.781. The molecule has 0 aromatic heterocycles. The molecular formula is C19H21NS. The zero-order valence-electron chi connectivity index (χ0n) is 12.6. The minimum atomic E-state index is 0.910. The first-order valence-corrected chi connectivity index (χ1v) is 7.87. The van der Waals surface area contributed by atoms with Gasteiger partial charge in [0.15, 0.2) is 0 Å². The molecule has 108 valence electrons. The lowest BCUT2D eigenvalue weighted by molar-refractivity contribution is 1.16. The monoisotopic (exact) mass is 295 g/mol. The van der Waals surface area contributed by atoms with E-state index in [1.54, 1.807) is 18.0 Å². The van der Waals surface area contributed by atoms with Gasteiger partial charge in [-0.3, -0.25) is 0 Å². The van der Waals surface area contributed by atoms with Gasteiger partial charge >= 0.3 is 0 Å². The molecular weight excluding hydrogens is 274 g/mol. The van der Waals surface area contributed by atoms with Gasteiger partial charge in [0.05, 0.1) is 0 Å². The zero-order chi connectivity index (χ0) is 15.2. The molecule has 1 aromatic carbocycles. The number of allylic oxidation sites excluding steroid dienone is 7. The summed E-state index contributed by atoms with van der Waals surface area (Å²) in [6.07, 6.45) is 12.8. The number of hydrogen-bond acceptors (Lipinski definition) is 2. The summed E-state index contributed by atoms with van der Waals surface area (Å²) in [7, 11) is 0. The molecule has 2 rings (SSSR count). The Morgan fingerprint density at radius 3 is 2.90 bits per heavy atom. The molecule has 2 heteroatoms. The van der Waals surface area contributed by atoms with Crippen molar-refractivity contribution in [2.24, 2.45) is 5.73 Å². The Kier molecular flexibility index (Phi) is 5.29. The van der Waals surface area contributed by atoms with E-state index in [1.807, 2.05) is 18.2 Å². The highest BCUT2D eigenvalue weighted by molar-refractivity contribution is 8.02. The number of rotatable bonds is 3. The molecule has 0 spiro atoms. The molecule has 0 amide bonds. The summed E-state index contributed by atoms with van der Waals surface area (Å²) in [5.74, 6) is 0. The second-order valence-corrected chi connectivity index (χ2v) is 6.06. The summed E-state index contributed by atoms with van der Waals surface area (Å²) in [6.45, 7) is 8.41. The van der Waals surface area contributed by atoms with E-state index >= 15 is 0 Å². The fourth-order valence-corrected chi connectivity index (χ4v) is 3.08. The maximum Gasteiger partial charge on any atom is 0.0197 e. The van der Waals surface area contributed by atoms with Gasteiger partial charge in [0, 0.05) is 4.90 Å². The van der Waals surface area contributed by atoms with Gasteiger partial charge < -0.3 is 5.73 Å². The largest absolute Gasteiger partial charge is 0.405 e. The lowest BCUT2D eigenvalue weighted by atomic mass is 9.97. The Morgan fingerprint density at radius 1 is 1.33 bits per heavy atom. The van der Waals surface area contributed by atoms with Crippen molar-refractivity contribution in [3.8, 4) is 0 Å². The Balaban J connectivity index is 2.37. The van der Waals surface area contributed by atoms with Crippen molar-refractivity contribution in [3.63, 3.8) is 0 Å².